The summed E-state index contributed by atoms with van der Waals surface area (Å²) in [7, 11) is -3.80. The number of sulfone groups is 1. The van der Waals surface area contributed by atoms with Gasteiger partial charge in [0.2, 0.25) is 5.91 Å². The van der Waals surface area contributed by atoms with Gasteiger partial charge >= 0.3 is 4.45 Å². The number of aromatic nitrogens is 1. The highest BCUT2D eigenvalue weighted by Gasteiger charge is 2.52. The number of anilines is 1. The SMILES string of the molecule is CS(=O)(=O)C1=CC=C(C(CC2CCCC2)C(=O)Nc2ccccn2)CC1(Br)[N+](=O)[O-]. The first-order valence-corrected chi connectivity index (χ1v) is 12.5. The van der Waals surface area contributed by atoms with Crippen LogP contribution in [0.3, 0.4) is 0 Å². The smallest absolute Gasteiger partial charge is 0.310 e. The molecule has 1 heterocycles. The van der Waals surface area contributed by atoms with Crippen molar-refractivity contribution in [3.63, 3.8) is 0 Å². The number of nitrogens with zero attached hydrogens (tertiary/aromatic N) is 2. The molecule has 0 saturated heterocycles. The third-order valence-corrected chi connectivity index (χ3v) is 8.21. The Morgan fingerprint density at radius 2 is 2.07 bits per heavy atom. The second-order valence-corrected chi connectivity index (χ2v) is 11.2. The molecule has 1 fully saturated rings. The Balaban J connectivity index is 1.95. The van der Waals surface area contributed by atoms with E-state index in [1.54, 1.807) is 30.5 Å². The summed E-state index contributed by atoms with van der Waals surface area (Å²) in [5.41, 5.74) is 0.538. The van der Waals surface area contributed by atoms with Gasteiger partial charge in [-0.25, -0.2) is 13.4 Å². The van der Waals surface area contributed by atoms with Crippen LogP contribution in [-0.2, 0) is 14.6 Å². The van der Waals surface area contributed by atoms with Crippen molar-refractivity contribution in [3.05, 3.63) is 57.1 Å². The quantitative estimate of drug-likeness (QED) is 0.264. The van der Waals surface area contributed by atoms with Gasteiger partial charge in [0, 0.05) is 33.3 Å². The van der Waals surface area contributed by atoms with Gasteiger partial charge < -0.3 is 5.32 Å². The summed E-state index contributed by atoms with van der Waals surface area (Å²) >= 11 is 3.07. The number of carbonyl (C=O) groups excluding carboxylic acids is 1. The summed E-state index contributed by atoms with van der Waals surface area (Å²) in [5.74, 6) is -0.140. The van der Waals surface area contributed by atoms with Crippen LogP contribution in [-0.4, -0.2) is 34.9 Å². The van der Waals surface area contributed by atoms with Crippen molar-refractivity contribution in [1.82, 2.24) is 4.98 Å². The number of rotatable bonds is 7. The minimum Gasteiger partial charge on any atom is -0.310 e. The highest BCUT2D eigenvalue weighted by molar-refractivity contribution is 9.10. The van der Waals surface area contributed by atoms with E-state index in [9.17, 15) is 23.3 Å². The predicted octanol–water partition coefficient (Wildman–Crippen LogP) is 3.84. The molecule has 2 unspecified atom stereocenters. The van der Waals surface area contributed by atoms with Crippen LogP contribution in [0.25, 0.3) is 0 Å². The average Bonchev–Trinajstić information content (AvgIpc) is 3.19. The van der Waals surface area contributed by atoms with E-state index in [2.05, 4.69) is 26.2 Å². The van der Waals surface area contributed by atoms with Crippen molar-refractivity contribution >= 4 is 37.5 Å². The fraction of sp³-hybridized carbons (Fsp3) is 0.500. The molecule has 162 valence electrons. The van der Waals surface area contributed by atoms with E-state index >= 15 is 0 Å². The van der Waals surface area contributed by atoms with Crippen molar-refractivity contribution in [2.75, 3.05) is 11.6 Å². The predicted molar refractivity (Wildman–Crippen MR) is 117 cm³/mol. The number of carbonyl (C=O) groups is 1. The third-order valence-electron chi connectivity index (χ3n) is 5.68. The Hall–Kier alpha value is -2.07. The summed E-state index contributed by atoms with van der Waals surface area (Å²) in [6, 6.07) is 5.17. The van der Waals surface area contributed by atoms with E-state index in [1.165, 1.54) is 6.08 Å². The fourth-order valence-electron chi connectivity index (χ4n) is 4.18. The fourth-order valence-corrected chi connectivity index (χ4v) is 6.55. The van der Waals surface area contributed by atoms with Crippen LogP contribution in [0.15, 0.2) is 47.0 Å². The molecule has 1 saturated carbocycles. The van der Waals surface area contributed by atoms with Crippen LogP contribution >= 0.6 is 15.9 Å². The summed E-state index contributed by atoms with van der Waals surface area (Å²) in [5, 5.41) is 14.6. The molecule has 10 heteroatoms. The van der Waals surface area contributed by atoms with Crippen LogP contribution in [0.1, 0.15) is 38.5 Å². The number of halogens is 1. The van der Waals surface area contributed by atoms with Gasteiger partial charge in [-0.1, -0.05) is 37.8 Å². The molecule has 0 aromatic carbocycles. The maximum Gasteiger partial charge on any atom is 0.313 e. The largest absolute Gasteiger partial charge is 0.313 e. The Kier molecular flexibility index (Phi) is 6.76. The lowest BCUT2D eigenvalue weighted by Gasteiger charge is -2.29. The number of pyridine rings is 1. The molecule has 1 amide bonds. The van der Waals surface area contributed by atoms with Gasteiger partial charge in [0.15, 0.2) is 9.84 Å². The summed E-state index contributed by atoms with van der Waals surface area (Å²) < 4.78 is 22.3. The highest BCUT2D eigenvalue weighted by Crippen LogP contribution is 2.44. The van der Waals surface area contributed by atoms with E-state index in [4.69, 9.17) is 0 Å². The number of hydrogen-bond donors (Lipinski definition) is 1. The first-order chi connectivity index (χ1) is 14.1. The molecule has 0 spiro atoms. The Labute approximate surface area is 184 Å². The van der Waals surface area contributed by atoms with Gasteiger partial charge in [-0.05, 0) is 36.1 Å². The molecular weight excluding hydrogens is 474 g/mol. The molecule has 1 N–H and O–H groups in total. The minimum absolute atomic E-state index is 0.202. The van der Waals surface area contributed by atoms with Gasteiger partial charge in [-0.15, -0.1) is 0 Å². The van der Waals surface area contributed by atoms with Crippen molar-refractivity contribution in [2.24, 2.45) is 11.8 Å². The molecule has 2 aliphatic rings. The number of hydrogen-bond acceptors (Lipinski definition) is 6. The van der Waals surface area contributed by atoms with Gasteiger partial charge in [0.25, 0.3) is 0 Å². The topological polar surface area (TPSA) is 119 Å². The Morgan fingerprint density at radius 3 is 2.63 bits per heavy atom. The normalized spacial score (nSPS) is 23.4. The van der Waals surface area contributed by atoms with E-state index in [0.29, 0.717) is 23.7 Å². The van der Waals surface area contributed by atoms with Crippen LogP contribution in [0.5, 0.6) is 0 Å². The van der Waals surface area contributed by atoms with E-state index in [0.717, 1.165) is 31.9 Å². The van der Waals surface area contributed by atoms with Gasteiger partial charge in [0.05, 0.1) is 12.3 Å². The Bertz CT molecular complexity index is 987. The number of alkyl halides is 1. The Morgan fingerprint density at radius 1 is 1.37 bits per heavy atom. The molecule has 0 aliphatic heterocycles. The maximum absolute atomic E-state index is 13.1. The van der Waals surface area contributed by atoms with Crippen molar-refractivity contribution in [3.8, 4) is 0 Å². The lowest BCUT2D eigenvalue weighted by Crippen LogP contribution is -2.40. The van der Waals surface area contributed by atoms with Crippen molar-refractivity contribution < 1.29 is 18.1 Å². The standard InChI is InChI=1S/C20H24BrN3O5S/c1-30(28,29)17-10-9-15(13-20(17,21)24(26)27)16(12-14-6-2-3-7-14)19(25)23-18-8-4-5-11-22-18/h4-5,8-11,14,16H,2-3,6-7,12-13H2,1H3,(H,22,23,25). The first kappa shape index (κ1) is 22.6. The third kappa shape index (κ3) is 4.97. The average molecular weight is 498 g/mol. The molecule has 2 aliphatic carbocycles. The van der Waals surface area contributed by atoms with Crippen molar-refractivity contribution in [1.29, 1.82) is 0 Å². The summed E-state index contributed by atoms with van der Waals surface area (Å²) in [6.07, 6.45) is 9.92. The second-order valence-electron chi connectivity index (χ2n) is 7.88. The van der Waals surface area contributed by atoms with Gasteiger partial charge in [-0.2, -0.15) is 0 Å². The zero-order valence-corrected chi connectivity index (χ0v) is 19.0. The van der Waals surface area contributed by atoms with Gasteiger partial charge in [0.1, 0.15) is 10.7 Å². The zero-order valence-electron chi connectivity index (χ0n) is 16.6. The van der Waals surface area contributed by atoms with Crippen LogP contribution < -0.4 is 5.32 Å². The number of amides is 1. The van der Waals surface area contributed by atoms with E-state index in [1.807, 2.05) is 0 Å². The van der Waals surface area contributed by atoms with E-state index in [-0.39, 0.29) is 17.2 Å². The lowest BCUT2D eigenvalue weighted by molar-refractivity contribution is -0.522. The van der Waals surface area contributed by atoms with Gasteiger partial charge in [-0.3, -0.25) is 14.9 Å². The number of allylic oxidation sites excluding steroid dienone is 2. The van der Waals surface area contributed by atoms with E-state index < -0.39 is 25.1 Å². The molecule has 1 aromatic heterocycles. The molecule has 8 nitrogen and oxygen atoms in total. The van der Waals surface area contributed by atoms with Crippen LogP contribution in [0.4, 0.5) is 5.82 Å². The van der Waals surface area contributed by atoms with Crippen LogP contribution in [0, 0.1) is 22.0 Å². The maximum atomic E-state index is 13.1. The van der Waals surface area contributed by atoms with Crippen LogP contribution in [0.2, 0.25) is 0 Å². The molecule has 30 heavy (non-hydrogen) atoms. The monoisotopic (exact) mass is 497 g/mol. The lowest BCUT2D eigenvalue weighted by atomic mass is 9.82. The highest BCUT2D eigenvalue weighted by atomic mass is 79.9. The molecule has 1 aromatic rings. The second kappa shape index (κ2) is 8.97. The molecule has 3 rings (SSSR count). The molecular formula is C20H24BrN3O5S. The first-order valence-electron chi connectivity index (χ1n) is 9.78. The molecule has 2 atom stereocenters. The number of nitrogens with one attached hydrogen (secondary N) is 1. The number of nitro groups is 1. The summed E-state index contributed by atoms with van der Waals surface area (Å²) in [6.45, 7) is 0. The van der Waals surface area contributed by atoms with Crippen molar-refractivity contribution in [2.45, 2.75) is 43.0 Å². The molecule has 0 bridgehead atoms. The zero-order chi connectivity index (χ0) is 21.9. The minimum atomic E-state index is -3.80. The molecule has 0 radical (unpaired) electrons. The summed E-state index contributed by atoms with van der Waals surface area (Å²) in [4.78, 5) is 28.1.